The molecule has 2 aromatic rings. The molecule has 0 amide bonds. The summed E-state index contributed by atoms with van der Waals surface area (Å²) in [7, 11) is 1.72. The van der Waals surface area contributed by atoms with E-state index in [4.69, 9.17) is 4.74 Å². The van der Waals surface area contributed by atoms with Crippen LogP contribution in [-0.4, -0.2) is 36.2 Å². The van der Waals surface area contributed by atoms with Gasteiger partial charge in [-0.1, -0.05) is 12.8 Å². The van der Waals surface area contributed by atoms with Gasteiger partial charge in [0.2, 0.25) is 5.95 Å². The summed E-state index contributed by atoms with van der Waals surface area (Å²) in [5.41, 5.74) is 2.15. The van der Waals surface area contributed by atoms with Crippen molar-refractivity contribution in [2.24, 2.45) is 5.92 Å². The van der Waals surface area contributed by atoms with Gasteiger partial charge in [0.25, 0.3) is 0 Å². The van der Waals surface area contributed by atoms with E-state index >= 15 is 0 Å². The molecule has 6 heteroatoms. The van der Waals surface area contributed by atoms with E-state index in [1.807, 2.05) is 18.2 Å². The molecule has 1 aliphatic rings. The van der Waals surface area contributed by atoms with Crippen LogP contribution in [0.4, 0.5) is 17.5 Å². The second-order valence-corrected chi connectivity index (χ2v) is 7.82. The number of ether oxygens (including phenoxy) is 1. The summed E-state index contributed by atoms with van der Waals surface area (Å²) < 4.78 is 5.55. The second-order valence-electron chi connectivity index (χ2n) is 7.82. The minimum absolute atomic E-state index is 0.326. The number of hydrogen-bond acceptors (Lipinski definition) is 6. The summed E-state index contributed by atoms with van der Waals surface area (Å²) in [5.74, 6) is 3.18. The number of rotatable bonds is 10. The summed E-state index contributed by atoms with van der Waals surface area (Å²) in [5, 5.41) is 10.2. The summed E-state index contributed by atoms with van der Waals surface area (Å²) in [6, 6.07) is 8.33. The molecular formula is C22H33N5O. The maximum Gasteiger partial charge on any atom is 0.229 e. The van der Waals surface area contributed by atoms with Gasteiger partial charge < -0.3 is 20.7 Å². The average Bonchev–Trinajstić information content (AvgIpc) is 3.19. The summed E-state index contributed by atoms with van der Waals surface area (Å²) >= 11 is 0. The molecule has 0 atom stereocenters. The van der Waals surface area contributed by atoms with Gasteiger partial charge in [-0.3, -0.25) is 0 Å². The van der Waals surface area contributed by atoms with Gasteiger partial charge in [0.1, 0.15) is 11.6 Å². The van der Waals surface area contributed by atoms with Gasteiger partial charge in [-0.15, -0.1) is 0 Å². The van der Waals surface area contributed by atoms with E-state index in [2.05, 4.69) is 45.8 Å². The molecule has 0 spiro atoms. The average molecular weight is 384 g/mol. The summed E-state index contributed by atoms with van der Waals surface area (Å²) in [6.45, 7) is 6.27. The van der Waals surface area contributed by atoms with Crippen LogP contribution in [-0.2, 0) is 6.42 Å². The zero-order chi connectivity index (χ0) is 19.8. The number of benzene rings is 1. The predicted octanol–water partition coefficient (Wildman–Crippen LogP) is 4.37. The lowest BCUT2D eigenvalue weighted by atomic mass is 10.1. The first-order valence-electron chi connectivity index (χ1n) is 10.4. The highest BCUT2D eigenvalue weighted by Crippen LogP contribution is 2.26. The lowest BCUT2D eigenvalue weighted by Crippen LogP contribution is -2.23. The quantitative estimate of drug-likeness (QED) is 0.529. The minimum Gasteiger partial charge on any atom is -0.496 e. The molecule has 0 aliphatic heterocycles. The van der Waals surface area contributed by atoms with E-state index in [9.17, 15) is 0 Å². The van der Waals surface area contributed by atoms with Crippen LogP contribution in [0.25, 0.3) is 0 Å². The van der Waals surface area contributed by atoms with E-state index in [0.29, 0.717) is 12.0 Å². The van der Waals surface area contributed by atoms with Crippen LogP contribution in [0, 0.1) is 5.92 Å². The third-order valence-corrected chi connectivity index (χ3v) is 5.11. The van der Waals surface area contributed by atoms with Crippen LogP contribution >= 0.6 is 0 Å². The van der Waals surface area contributed by atoms with Gasteiger partial charge in [0.05, 0.1) is 7.11 Å². The molecule has 6 nitrogen and oxygen atoms in total. The Hall–Kier alpha value is -2.34. The first kappa shape index (κ1) is 20.4. The zero-order valence-corrected chi connectivity index (χ0v) is 17.3. The van der Waals surface area contributed by atoms with Gasteiger partial charge in [0.15, 0.2) is 0 Å². The van der Waals surface area contributed by atoms with Gasteiger partial charge >= 0.3 is 0 Å². The van der Waals surface area contributed by atoms with Crippen molar-refractivity contribution in [2.45, 2.75) is 52.0 Å². The fourth-order valence-electron chi connectivity index (χ4n) is 3.72. The molecule has 1 aromatic carbocycles. The normalized spacial score (nSPS) is 14.4. The van der Waals surface area contributed by atoms with Crippen molar-refractivity contribution in [3.8, 4) is 5.75 Å². The molecule has 0 unspecified atom stereocenters. The highest BCUT2D eigenvalue weighted by Gasteiger charge is 2.14. The fourth-order valence-corrected chi connectivity index (χ4v) is 3.72. The first-order valence-corrected chi connectivity index (χ1v) is 10.4. The molecule has 0 saturated heterocycles. The monoisotopic (exact) mass is 383 g/mol. The molecule has 0 bridgehead atoms. The summed E-state index contributed by atoms with van der Waals surface area (Å²) in [4.78, 5) is 8.85. The Morgan fingerprint density at radius 1 is 1.18 bits per heavy atom. The third-order valence-electron chi connectivity index (χ3n) is 5.11. The fraction of sp³-hybridized carbons (Fsp3) is 0.545. The second kappa shape index (κ2) is 10.3. The standard InChI is InChI=1S/C22H33N5O/c1-16(2)25-21-11-13-24-22(27-21)26-19-8-9-20(28-3)18(14-19)10-12-23-15-17-6-4-5-7-17/h8-9,11,13-14,16-17,23H,4-7,10,12,15H2,1-3H3,(H2,24,25,26,27). The molecule has 3 N–H and O–H groups in total. The number of nitrogens with zero attached hydrogens (tertiary/aromatic N) is 2. The van der Waals surface area contributed by atoms with Crippen LogP contribution in [0.3, 0.4) is 0 Å². The van der Waals surface area contributed by atoms with Crippen LogP contribution in [0.1, 0.15) is 45.1 Å². The largest absolute Gasteiger partial charge is 0.496 e. The first-order chi connectivity index (χ1) is 13.6. The Morgan fingerprint density at radius 3 is 2.75 bits per heavy atom. The van der Waals surface area contributed by atoms with Crippen LogP contribution in [0.2, 0.25) is 0 Å². The number of hydrogen-bond donors (Lipinski definition) is 3. The van der Waals surface area contributed by atoms with Crippen molar-refractivity contribution in [1.82, 2.24) is 15.3 Å². The van der Waals surface area contributed by atoms with Crippen molar-refractivity contribution >= 4 is 17.5 Å². The van der Waals surface area contributed by atoms with Crippen LogP contribution in [0.15, 0.2) is 30.5 Å². The molecule has 152 valence electrons. The van der Waals surface area contributed by atoms with E-state index in [1.165, 1.54) is 31.2 Å². The van der Waals surface area contributed by atoms with E-state index in [0.717, 1.165) is 42.7 Å². The molecule has 1 fully saturated rings. The van der Waals surface area contributed by atoms with E-state index in [1.54, 1.807) is 13.3 Å². The number of nitrogens with one attached hydrogen (secondary N) is 3. The Bertz CT molecular complexity index is 743. The van der Waals surface area contributed by atoms with Crippen LogP contribution in [0.5, 0.6) is 5.75 Å². The molecule has 3 rings (SSSR count). The molecule has 1 aromatic heterocycles. The summed E-state index contributed by atoms with van der Waals surface area (Å²) in [6.07, 6.45) is 8.23. The number of aromatic nitrogens is 2. The van der Waals surface area contributed by atoms with Crippen molar-refractivity contribution in [2.75, 3.05) is 30.8 Å². The smallest absolute Gasteiger partial charge is 0.229 e. The van der Waals surface area contributed by atoms with Crippen LogP contribution < -0.4 is 20.7 Å². The molecular weight excluding hydrogens is 350 g/mol. The van der Waals surface area contributed by atoms with Crippen molar-refractivity contribution in [3.05, 3.63) is 36.0 Å². The van der Waals surface area contributed by atoms with Crippen molar-refractivity contribution < 1.29 is 4.74 Å². The number of anilines is 3. The van der Waals surface area contributed by atoms with Crippen molar-refractivity contribution in [3.63, 3.8) is 0 Å². The highest BCUT2D eigenvalue weighted by atomic mass is 16.5. The highest BCUT2D eigenvalue weighted by molar-refractivity contribution is 5.58. The van der Waals surface area contributed by atoms with Gasteiger partial charge in [-0.2, -0.15) is 4.98 Å². The lowest BCUT2D eigenvalue weighted by molar-refractivity contribution is 0.408. The number of methoxy groups -OCH3 is 1. The Morgan fingerprint density at radius 2 is 2.00 bits per heavy atom. The van der Waals surface area contributed by atoms with Gasteiger partial charge in [0, 0.05) is 17.9 Å². The van der Waals surface area contributed by atoms with Gasteiger partial charge in [-0.25, -0.2) is 4.98 Å². The van der Waals surface area contributed by atoms with E-state index < -0.39 is 0 Å². The Kier molecular flexibility index (Phi) is 7.48. The molecule has 28 heavy (non-hydrogen) atoms. The predicted molar refractivity (Wildman–Crippen MR) is 116 cm³/mol. The Balaban J connectivity index is 1.60. The van der Waals surface area contributed by atoms with Gasteiger partial charge in [-0.05, 0) is 81.9 Å². The maximum absolute atomic E-state index is 5.55. The maximum atomic E-state index is 5.55. The Labute approximate surface area is 168 Å². The minimum atomic E-state index is 0.326. The van der Waals surface area contributed by atoms with Crippen molar-refractivity contribution in [1.29, 1.82) is 0 Å². The zero-order valence-electron chi connectivity index (χ0n) is 17.3. The topological polar surface area (TPSA) is 71.1 Å². The molecule has 0 radical (unpaired) electrons. The van der Waals surface area contributed by atoms with E-state index in [-0.39, 0.29) is 0 Å². The third kappa shape index (κ3) is 6.09. The molecule has 1 saturated carbocycles. The lowest BCUT2D eigenvalue weighted by Gasteiger charge is -2.14. The molecule has 1 aliphatic carbocycles. The molecule has 1 heterocycles. The SMILES string of the molecule is COc1ccc(Nc2nccc(NC(C)C)n2)cc1CCNCC1CCCC1.